The standard InChI is InChI=1S/C18H27N3O2.HI/c1-18(2)15(20-17(19)21-8-10-22-11-9-21)12-16(18)23-13-14-6-4-3-5-7-14;/h3-7,15-16H,8-13H2,1-2H3,(H2,19,20);1H. The van der Waals surface area contributed by atoms with Crippen molar-refractivity contribution >= 4 is 29.9 Å². The van der Waals surface area contributed by atoms with Crippen LogP contribution in [0.2, 0.25) is 0 Å². The van der Waals surface area contributed by atoms with Gasteiger partial charge in [0.05, 0.1) is 32.0 Å². The first-order valence-corrected chi connectivity index (χ1v) is 8.39. The number of guanidine groups is 1. The second-order valence-electron chi connectivity index (χ2n) is 6.94. The van der Waals surface area contributed by atoms with E-state index in [0.29, 0.717) is 12.6 Å². The number of hydrogen-bond donors (Lipinski definition) is 1. The van der Waals surface area contributed by atoms with Gasteiger partial charge in [-0.2, -0.15) is 0 Å². The van der Waals surface area contributed by atoms with E-state index in [-0.39, 0.29) is 41.5 Å². The Bertz CT molecular complexity index is 544. The SMILES string of the molecule is CC1(C)C(N=C(N)N2CCOCC2)CC1OCc1ccccc1.I. The molecule has 0 radical (unpaired) electrons. The Labute approximate surface area is 161 Å². The van der Waals surface area contributed by atoms with E-state index in [4.69, 9.17) is 20.2 Å². The highest BCUT2D eigenvalue weighted by Crippen LogP contribution is 2.45. The molecule has 2 atom stereocenters. The van der Waals surface area contributed by atoms with Gasteiger partial charge >= 0.3 is 0 Å². The van der Waals surface area contributed by atoms with Crippen LogP contribution in [0.25, 0.3) is 0 Å². The Balaban J connectivity index is 0.00000208. The largest absolute Gasteiger partial charge is 0.378 e. The Hall–Kier alpha value is -0.860. The Morgan fingerprint density at radius 2 is 1.96 bits per heavy atom. The van der Waals surface area contributed by atoms with Gasteiger partial charge in [-0.3, -0.25) is 0 Å². The van der Waals surface area contributed by atoms with Crippen molar-refractivity contribution in [1.82, 2.24) is 4.90 Å². The number of rotatable bonds is 4. The number of nitrogens with two attached hydrogens (primary N) is 1. The summed E-state index contributed by atoms with van der Waals surface area (Å²) in [6, 6.07) is 10.5. The third-order valence-corrected chi connectivity index (χ3v) is 5.04. The summed E-state index contributed by atoms with van der Waals surface area (Å²) in [7, 11) is 0. The molecule has 0 amide bonds. The quantitative estimate of drug-likeness (QED) is 0.440. The Kier molecular flexibility index (Phi) is 6.88. The summed E-state index contributed by atoms with van der Waals surface area (Å²) in [6.07, 6.45) is 1.17. The number of aliphatic imine (C=N–C) groups is 1. The van der Waals surface area contributed by atoms with Crippen LogP contribution in [0, 0.1) is 5.41 Å². The van der Waals surface area contributed by atoms with Crippen LogP contribution in [0.15, 0.2) is 35.3 Å². The molecule has 2 unspecified atom stereocenters. The highest BCUT2D eigenvalue weighted by Gasteiger charge is 2.49. The van der Waals surface area contributed by atoms with Crippen LogP contribution in [0.1, 0.15) is 25.8 Å². The van der Waals surface area contributed by atoms with Gasteiger partial charge in [-0.15, -0.1) is 24.0 Å². The molecule has 1 aliphatic carbocycles. The number of morpholine rings is 1. The van der Waals surface area contributed by atoms with Gasteiger partial charge in [0, 0.05) is 18.5 Å². The Morgan fingerprint density at radius 3 is 2.58 bits per heavy atom. The van der Waals surface area contributed by atoms with Gasteiger partial charge in [-0.25, -0.2) is 4.99 Å². The molecule has 134 valence electrons. The van der Waals surface area contributed by atoms with E-state index in [0.717, 1.165) is 32.7 Å². The molecule has 1 saturated heterocycles. The second kappa shape index (κ2) is 8.49. The number of benzene rings is 1. The summed E-state index contributed by atoms with van der Waals surface area (Å²) in [5, 5.41) is 0. The molecule has 1 aliphatic heterocycles. The van der Waals surface area contributed by atoms with E-state index >= 15 is 0 Å². The van der Waals surface area contributed by atoms with Crippen molar-refractivity contribution in [2.75, 3.05) is 26.3 Å². The fourth-order valence-corrected chi connectivity index (χ4v) is 3.17. The highest BCUT2D eigenvalue weighted by molar-refractivity contribution is 14.0. The van der Waals surface area contributed by atoms with Crippen molar-refractivity contribution < 1.29 is 9.47 Å². The number of hydrogen-bond acceptors (Lipinski definition) is 3. The molecule has 1 saturated carbocycles. The summed E-state index contributed by atoms with van der Waals surface area (Å²) >= 11 is 0. The van der Waals surface area contributed by atoms with Crippen LogP contribution in [-0.4, -0.2) is 49.3 Å². The maximum absolute atomic E-state index is 6.17. The molecule has 24 heavy (non-hydrogen) atoms. The van der Waals surface area contributed by atoms with Crippen molar-refractivity contribution in [3.05, 3.63) is 35.9 Å². The van der Waals surface area contributed by atoms with Crippen molar-refractivity contribution in [3.8, 4) is 0 Å². The molecule has 1 aromatic carbocycles. The fourth-order valence-electron chi connectivity index (χ4n) is 3.17. The first-order chi connectivity index (χ1) is 11.1. The third-order valence-electron chi connectivity index (χ3n) is 5.04. The van der Waals surface area contributed by atoms with Gasteiger partial charge < -0.3 is 20.1 Å². The fraction of sp³-hybridized carbons (Fsp3) is 0.611. The van der Waals surface area contributed by atoms with Crippen LogP contribution in [0.4, 0.5) is 0 Å². The molecule has 6 heteroatoms. The minimum absolute atomic E-state index is 0. The first-order valence-electron chi connectivity index (χ1n) is 8.39. The summed E-state index contributed by atoms with van der Waals surface area (Å²) in [4.78, 5) is 6.86. The topological polar surface area (TPSA) is 60.1 Å². The maximum Gasteiger partial charge on any atom is 0.191 e. The maximum atomic E-state index is 6.17. The van der Waals surface area contributed by atoms with E-state index in [2.05, 4.69) is 30.9 Å². The average molecular weight is 445 g/mol. The zero-order valence-corrected chi connectivity index (χ0v) is 16.8. The lowest BCUT2D eigenvalue weighted by Gasteiger charge is -2.49. The summed E-state index contributed by atoms with van der Waals surface area (Å²) < 4.78 is 11.4. The van der Waals surface area contributed by atoms with Crippen molar-refractivity contribution in [2.24, 2.45) is 16.1 Å². The molecule has 2 fully saturated rings. The predicted molar refractivity (Wildman–Crippen MR) is 107 cm³/mol. The van der Waals surface area contributed by atoms with Crippen LogP contribution >= 0.6 is 24.0 Å². The highest BCUT2D eigenvalue weighted by atomic mass is 127. The minimum atomic E-state index is 0. The number of ether oxygens (including phenoxy) is 2. The van der Waals surface area contributed by atoms with Crippen molar-refractivity contribution in [3.63, 3.8) is 0 Å². The molecular weight excluding hydrogens is 417 g/mol. The lowest BCUT2D eigenvalue weighted by atomic mass is 9.65. The minimum Gasteiger partial charge on any atom is -0.378 e. The lowest BCUT2D eigenvalue weighted by Crippen LogP contribution is -2.55. The molecule has 5 nitrogen and oxygen atoms in total. The van der Waals surface area contributed by atoms with E-state index in [1.165, 1.54) is 5.56 Å². The van der Waals surface area contributed by atoms with E-state index < -0.39 is 0 Å². The smallest absolute Gasteiger partial charge is 0.191 e. The molecule has 2 N–H and O–H groups in total. The van der Waals surface area contributed by atoms with Crippen molar-refractivity contribution in [1.29, 1.82) is 0 Å². The molecule has 2 aliphatic rings. The van der Waals surface area contributed by atoms with E-state index in [9.17, 15) is 0 Å². The van der Waals surface area contributed by atoms with E-state index in [1.54, 1.807) is 0 Å². The molecule has 0 spiro atoms. The molecule has 1 heterocycles. The second-order valence-corrected chi connectivity index (χ2v) is 6.94. The van der Waals surface area contributed by atoms with Gasteiger partial charge in [0.15, 0.2) is 5.96 Å². The third kappa shape index (κ3) is 4.40. The predicted octanol–water partition coefficient (Wildman–Crippen LogP) is 2.64. The van der Waals surface area contributed by atoms with Crippen LogP contribution in [-0.2, 0) is 16.1 Å². The summed E-state index contributed by atoms with van der Waals surface area (Å²) in [5.41, 5.74) is 7.40. The number of halogens is 1. The van der Waals surface area contributed by atoms with Gasteiger partial charge in [-0.1, -0.05) is 44.2 Å². The van der Waals surface area contributed by atoms with Gasteiger partial charge in [-0.05, 0) is 12.0 Å². The monoisotopic (exact) mass is 445 g/mol. The molecule has 0 aromatic heterocycles. The van der Waals surface area contributed by atoms with Crippen molar-refractivity contribution in [2.45, 2.75) is 39.0 Å². The van der Waals surface area contributed by atoms with E-state index in [1.807, 2.05) is 18.2 Å². The first kappa shape index (κ1) is 19.5. The Morgan fingerprint density at radius 1 is 1.29 bits per heavy atom. The summed E-state index contributed by atoms with van der Waals surface area (Å²) in [6.45, 7) is 8.21. The molecule has 1 aromatic rings. The summed E-state index contributed by atoms with van der Waals surface area (Å²) in [5.74, 6) is 0.646. The molecular formula is C18H28IN3O2. The lowest BCUT2D eigenvalue weighted by molar-refractivity contribution is -0.114. The normalized spacial score (nSPS) is 26.4. The van der Waals surface area contributed by atoms with Crippen LogP contribution in [0.3, 0.4) is 0 Å². The van der Waals surface area contributed by atoms with Gasteiger partial charge in [0.1, 0.15) is 0 Å². The van der Waals surface area contributed by atoms with Gasteiger partial charge in [0.2, 0.25) is 0 Å². The van der Waals surface area contributed by atoms with Gasteiger partial charge in [0.25, 0.3) is 0 Å². The average Bonchev–Trinajstić information content (AvgIpc) is 2.59. The van der Waals surface area contributed by atoms with Crippen LogP contribution in [0.5, 0.6) is 0 Å². The molecule has 3 rings (SSSR count). The zero-order valence-electron chi connectivity index (χ0n) is 14.5. The zero-order chi connectivity index (χ0) is 16.3. The molecule has 0 bridgehead atoms. The van der Waals surface area contributed by atoms with Crippen LogP contribution < -0.4 is 5.73 Å². The number of nitrogens with zero attached hydrogens (tertiary/aromatic N) is 2.